The average Bonchev–Trinajstić information content (AvgIpc) is 3.07. The summed E-state index contributed by atoms with van der Waals surface area (Å²) < 4.78 is 13.3. The summed E-state index contributed by atoms with van der Waals surface area (Å²) in [6.45, 7) is 1.94. The molecule has 0 aromatic heterocycles. The lowest BCUT2D eigenvalue weighted by Gasteiger charge is -2.19. The Hall–Kier alpha value is -1.05. The largest absolute Gasteiger partial charge is 0.382 e. The van der Waals surface area contributed by atoms with E-state index in [4.69, 9.17) is 0 Å². The molecule has 3 rings (SSSR count). The predicted octanol–water partition coefficient (Wildman–Crippen LogP) is 3.73. The van der Waals surface area contributed by atoms with Crippen molar-refractivity contribution in [3.8, 4) is 0 Å². The summed E-state index contributed by atoms with van der Waals surface area (Å²) in [6.07, 6.45) is 5.40. The van der Waals surface area contributed by atoms with Gasteiger partial charge >= 0.3 is 0 Å². The standard InChI is InChI=1S/C14H18FN/c1-9-6-12(15)8-13(7-9)16-14(10-2-3-10)11-4-5-11/h6-8,10-11,14,16H,2-5H2,1H3. The molecule has 0 amide bonds. The van der Waals surface area contributed by atoms with Crippen LogP contribution >= 0.6 is 0 Å². The number of nitrogens with one attached hydrogen (secondary N) is 1. The van der Waals surface area contributed by atoms with E-state index in [0.717, 1.165) is 23.1 Å². The third-order valence-corrected chi connectivity index (χ3v) is 3.64. The zero-order valence-electron chi connectivity index (χ0n) is 9.67. The van der Waals surface area contributed by atoms with Gasteiger partial charge in [-0.25, -0.2) is 4.39 Å². The fourth-order valence-electron chi connectivity index (χ4n) is 2.54. The molecule has 0 atom stereocenters. The first-order valence-corrected chi connectivity index (χ1v) is 6.26. The number of hydrogen-bond acceptors (Lipinski definition) is 1. The summed E-state index contributed by atoms with van der Waals surface area (Å²) >= 11 is 0. The van der Waals surface area contributed by atoms with E-state index in [2.05, 4.69) is 5.32 Å². The summed E-state index contributed by atoms with van der Waals surface area (Å²) in [4.78, 5) is 0. The lowest BCUT2D eigenvalue weighted by atomic mass is 10.1. The van der Waals surface area contributed by atoms with Crippen LogP contribution < -0.4 is 5.32 Å². The molecule has 1 aromatic rings. The maximum Gasteiger partial charge on any atom is 0.125 e. The van der Waals surface area contributed by atoms with Crippen LogP contribution in [0, 0.1) is 24.6 Å². The molecule has 2 aliphatic carbocycles. The van der Waals surface area contributed by atoms with Crippen LogP contribution in [0.2, 0.25) is 0 Å². The zero-order chi connectivity index (χ0) is 11.1. The van der Waals surface area contributed by atoms with Gasteiger partial charge in [0.25, 0.3) is 0 Å². The summed E-state index contributed by atoms with van der Waals surface area (Å²) in [5.41, 5.74) is 1.95. The van der Waals surface area contributed by atoms with E-state index in [1.807, 2.05) is 13.0 Å². The third-order valence-electron chi connectivity index (χ3n) is 3.64. The lowest BCUT2D eigenvalue weighted by molar-refractivity contribution is 0.566. The van der Waals surface area contributed by atoms with Crippen molar-refractivity contribution < 1.29 is 4.39 Å². The highest BCUT2D eigenvalue weighted by Gasteiger charge is 2.41. The topological polar surface area (TPSA) is 12.0 Å². The molecule has 0 heterocycles. The van der Waals surface area contributed by atoms with E-state index < -0.39 is 0 Å². The van der Waals surface area contributed by atoms with E-state index in [9.17, 15) is 4.39 Å². The first kappa shape index (κ1) is 10.1. The van der Waals surface area contributed by atoms with Crippen LogP contribution in [0.25, 0.3) is 0 Å². The van der Waals surface area contributed by atoms with E-state index in [0.29, 0.717) is 6.04 Å². The summed E-state index contributed by atoms with van der Waals surface area (Å²) in [5.74, 6) is 1.56. The zero-order valence-corrected chi connectivity index (χ0v) is 9.67. The van der Waals surface area contributed by atoms with E-state index in [-0.39, 0.29) is 5.82 Å². The Morgan fingerprint density at radius 3 is 2.25 bits per heavy atom. The Bertz CT molecular complexity index is 361. The highest BCUT2D eigenvalue weighted by Crippen LogP contribution is 2.45. The monoisotopic (exact) mass is 219 g/mol. The molecule has 2 heteroatoms. The van der Waals surface area contributed by atoms with Gasteiger partial charge < -0.3 is 5.32 Å². The minimum absolute atomic E-state index is 0.132. The first-order valence-electron chi connectivity index (χ1n) is 6.26. The second-order valence-corrected chi connectivity index (χ2v) is 5.36. The minimum Gasteiger partial charge on any atom is -0.382 e. The number of benzene rings is 1. The molecule has 2 fully saturated rings. The number of anilines is 1. The number of aryl methyl sites for hydroxylation is 1. The summed E-state index contributed by atoms with van der Waals surface area (Å²) in [6, 6.07) is 5.83. The Morgan fingerprint density at radius 1 is 1.12 bits per heavy atom. The molecular weight excluding hydrogens is 201 g/mol. The van der Waals surface area contributed by atoms with Crippen LogP contribution in [0.1, 0.15) is 31.2 Å². The van der Waals surface area contributed by atoms with Crippen LogP contribution in [-0.2, 0) is 0 Å². The molecule has 0 unspecified atom stereocenters. The normalized spacial score (nSPS) is 20.2. The molecule has 0 spiro atoms. The Balaban J connectivity index is 1.75. The molecule has 0 saturated heterocycles. The number of rotatable bonds is 4. The molecule has 0 aliphatic heterocycles. The number of halogens is 1. The maximum absolute atomic E-state index is 13.3. The molecule has 1 N–H and O–H groups in total. The van der Waals surface area contributed by atoms with E-state index in [1.165, 1.54) is 25.7 Å². The van der Waals surface area contributed by atoms with Crippen LogP contribution in [0.15, 0.2) is 18.2 Å². The molecule has 2 saturated carbocycles. The molecular formula is C14H18FN. The molecule has 1 nitrogen and oxygen atoms in total. The second-order valence-electron chi connectivity index (χ2n) is 5.36. The van der Waals surface area contributed by atoms with Crippen LogP contribution in [0.4, 0.5) is 10.1 Å². The SMILES string of the molecule is Cc1cc(F)cc(NC(C2CC2)C2CC2)c1. The van der Waals surface area contributed by atoms with Crippen molar-refractivity contribution in [3.63, 3.8) is 0 Å². The van der Waals surface area contributed by atoms with Crippen molar-refractivity contribution in [1.82, 2.24) is 0 Å². The van der Waals surface area contributed by atoms with Crippen molar-refractivity contribution >= 4 is 5.69 Å². The predicted molar refractivity (Wildman–Crippen MR) is 64.0 cm³/mol. The van der Waals surface area contributed by atoms with E-state index >= 15 is 0 Å². The highest BCUT2D eigenvalue weighted by atomic mass is 19.1. The van der Waals surface area contributed by atoms with Gasteiger partial charge in [-0.15, -0.1) is 0 Å². The van der Waals surface area contributed by atoms with Gasteiger partial charge in [0.15, 0.2) is 0 Å². The number of hydrogen-bond donors (Lipinski definition) is 1. The first-order chi connectivity index (χ1) is 7.72. The van der Waals surface area contributed by atoms with Gasteiger partial charge in [0, 0.05) is 11.7 Å². The Labute approximate surface area is 96.1 Å². The smallest absolute Gasteiger partial charge is 0.125 e. The quantitative estimate of drug-likeness (QED) is 0.813. The molecule has 0 bridgehead atoms. The maximum atomic E-state index is 13.3. The van der Waals surface area contributed by atoms with Gasteiger partial charge in [0.2, 0.25) is 0 Å². The van der Waals surface area contributed by atoms with Crippen LogP contribution in [0.3, 0.4) is 0 Å². The van der Waals surface area contributed by atoms with Crippen molar-refractivity contribution in [3.05, 3.63) is 29.6 Å². The average molecular weight is 219 g/mol. The summed E-state index contributed by atoms with van der Waals surface area (Å²) in [5, 5.41) is 3.54. The van der Waals surface area contributed by atoms with Gasteiger partial charge in [-0.3, -0.25) is 0 Å². The Kier molecular flexibility index (Phi) is 2.38. The fraction of sp³-hybridized carbons (Fsp3) is 0.571. The van der Waals surface area contributed by atoms with Gasteiger partial charge in [-0.2, -0.15) is 0 Å². The van der Waals surface area contributed by atoms with Crippen molar-refractivity contribution in [2.75, 3.05) is 5.32 Å². The van der Waals surface area contributed by atoms with Crippen LogP contribution in [-0.4, -0.2) is 6.04 Å². The van der Waals surface area contributed by atoms with Crippen molar-refractivity contribution in [2.45, 2.75) is 38.6 Å². The highest BCUT2D eigenvalue weighted by molar-refractivity contribution is 5.47. The third kappa shape index (κ3) is 2.21. The van der Waals surface area contributed by atoms with Gasteiger partial charge in [0.1, 0.15) is 5.82 Å². The van der Waals surface area contributed by atoms with Crippen LogP contribution in [0.5, 0.6) is 0 Å². The Morgan fingerprint density at radius 2 is 1.75 bits per heavy atom. The fourth-order valence-corrected chi connectivity index (χ4v) is 2.54. The van der Waals surface area contributed by atoms with Gasteiger partial charge in [-0.1, -0.05) is 0 Å². The van der Waals surface area contributed by atoms with Gasteiger partial charge in [0.05, 0.1) is 0 Å². The molecule has 86 valence electrons. The molecule has 2 aliphatic rings. The molecule has 16 heavy (non-hydrogen) atoms. The van der Waals surface area contributed by atoms with Gasteiger partial charge in [-0.05, 0) is 68.2 Å². The molecule has 1 aromatic carbocycles. The molecule has 0 radical (unpaired) electrons. The summed E-state index contributed by atoms with van der Waals surface area (Å²) in [7, 11) is 0. The lowest BCUT2D eigenvalue weighted by Crippen LogP contribution is -2.24. The van der Waals surface area contributed by atoms with Crippen molar-refractivity contribution in [1.29, 1.82) is 0 Å². The van der Waals surface area contributed by atoms with E-state index in [1.54, 1.807) is 12.1 Å². The minimum atomic E-state index is -0.132. The second kappa shape index (κ2) is 3.76. The van der Waals surface area contributed by atoms with Crippen molar-refractivity contribution in [2.24, 2.45) is 11.8 Å².